The first kappa shape index (κ1) is 18.9. The zero-order chi connectivity index (χ0) is 20.2. The van der Waals surface area contributed by atoms with Gasteiger partial charge in [0.25, 0.3) is 0 Å². The lowest BCUT2D eigenvalue weighted by atomic mass is 9.94. The lowest BCUT2D eigenvalue weighted by Crippen LogP contribution is -2.42. The molecule has 0 bridgehead atoms. The summed E-state index contributed by atoms with van der Waals surface area (Å²) in [4.78, 5) is 21.4. The van der Waals surface area contributed by atoms with Crippen LogP contribution >= 0.6 is 0 Å². The van der Waals surface area contributed by atoms with E-state index in [2.05, 4.69) is 20.6 Å². The van der Waals surface area contributed by atoms with Gasteiger partial charge >= 0.3 is 6.01 Å². The third kappa shape index (κ3) is 4.35. The minimum absolute atomic E-state index is 0.00858. The van der Waals surface area contributed by atoms with Gasteiger partial charge in [0.2, 0.25) is 0 Å². The van der Waals surface area contributed by atoms with Gasteiger partial charge in [0, 0.05) is 23.6 Å². The number of carbonyl (C=O) groups is 1. The van der Waals surface area contributed by atoms with Crippen molar-refractivity contribution in [2.75, 3.05) is 18.4 Å². The maximum atomic E-state index is 12.7. The number of nitrogens with zero attached hydrogens (tertiary/aromatic N) is 2. The fraction of sp³-hybridized carbons (Fsp3) is 0.227. The number of anilines is 1. The van der Waals surface area contributed by atoms with Crippen LogP contribution in [-0.2, 0) is 0 Å². The van der Waals surface area contributed by atoms with E-state index in [4.69, 9.17) is 4.42 Å². The number of guanidine groups is 1. The van der Waals surface area contributed by atoms with E-state index in [9.17, 15) is 9.90 Å². The molecule has 0 amide bonds. The average Bonchev–Trinajstić information content (AvgIpc) is 3.23. The molecular weight excluding hydrogens is 368 g/mol. The fourth-order valence-corrected chi connectivity index (χ4v) is 3.14. The molecule has 0 saturated carbocycles. The number of aliphatic imine (C=N–C) groups is 1. The van der Waals surface area contributed by atoms with E-state index >= 15 is 0 Å². The van der Waals surface area contributed by atoms with Gasteiger partial charge in [-0.15, -0.1) is 0 Å². The second-order valence-electron chi connectivity index (χ2n) is 6.97. The summed E-state index contributed by atoms with van der Waals surface area (Å²) >= 11 is 0. The van der Waals surface area contributed by atoms with Crippen LogP contribution in [0, 0.1) is 0 Å². The zero-order valence-corrected chi connectivity index (χ0v) is 16.0. The molecule has 4 rings (SSSR count). The highest BCUT2D eigenvalue weighted by Crippen LogP contribution is 2.26. The van der Waals surface area contributed by atoms with E-state index in [-0.39, 0.29) is 11.7 Å². The lowest BCUT2D eigenvalue weighted by Gasteiger charge is -2.18. The third-order valence-corrected chi connectivity index (χ3v) is 4.84. The van der Waals surface area contributed by atoms with Gasteiger partial charge in [0.05, 0.1) is 18.3 Å². The van der Waals surface area contributed by atoms with Gasteiger partial charge < -0.3 is 14.8 Å². The summed E-state index contributed by atoms with van der Waals surface area (Å²) in [5.41, 5.74) is 3.02. The molecule has 0 saturated heterocycles. The Morgan fingerprint density at radius 3 is 2.76 bits per heavy atom. The molecule has 0 fully saturated rings. The summed E-state index contributed by atoms with van der Waals surface area (Å²) in [7, 11) is 0. The average molecular weight is 390 g/mol. The van der Waals surface area contributed by atoms with Crippen LogP contribution < -0.4 is 10.6 Å². The highest BCUT2D eigenvalue weighted by Gasteiger charge is 2.18. The topological polar surface area (TPSA) is 99.8 Å². The highest BCUT2D eigenvalue weighted by atomic mass is 16.4. The Balaban J connectivity index is 1.49. The number of aliphatic hydroxyl groups is 1. The lowest BCUT2D eigenvalue weighted by molar-refractivity contribution is 0.103. The minimum atomic E-state index is -0.480. The molecule has 1 aromatic heterocycles. The quantitative estimate of drug-likeness (QED) is 0.580. The van der Waals surface area contributed by atoms with E-state index in [1.165, 1.54) is 0 Å². The van der Waals surface area contributed by atoms with Gasteiger partial charge in [-0.3, -0.25) is 15.1 Å². The van der Waals surface area contributed by atoms with Crippen LogP contribution in [0.1, 0.15) is 40.0 Å². The summed E-state index contributed by atoms with van der Waals surface area (Å²) in [6.45, 7) is 2.78. The summed E-state index contributed by atoms with van der Waals surface area (Å²) in [5.74, 6) is 0.457. The molecule has 0 aliphatic carbocycles. The molecule has 3 aromatic rings. The normalized spacial score (nSPS) is 17.2. The molecule has 2 unspecified atom stereocenters. The Morgan fingerprint density at radius 1 is 1.21 bits per heavy atom. The number of hydrogen-bond acceptors (Lipinski definition) is 7. The number of benzene rings is 2. The summed E-state index contributed by atoms with van der Waals surface area (Å²) in [6, 6.07) is 17.1. The van der Waals surface area contributed by atoms with Crippen molar-refractivity contribution < 1.29 is 14.3 Å². The molecule has 7 heteroatoms. The van der Waals surface area contributed by atoms with Crippen molar-refractivity contribution in [1.82, 2.24) is 10.3 Å². The van der Waals surface area contributed by atoms with Crippen LogP contribution in [-0.4, -0.2) is 41.0 Å². The number of β-amino-alcohol motifs (C(OH)–C–C–N with tert-alkyl or cyclic N) is 1. The first-order valence-electron chi connectivity index (χ1n) is 9.48. The SMILES string of the molecule is CC(c1cccc(C(=O)c2ccccc2)c1)c1coc(NC2=NCC(O)CN2)n1. The molecule has 2 aromatic carbocycles. The predicted molar refractivity (Wildman–Crippen MR) is 110 cm³/mol. The molecule has 7 nitrogen and oxygen atoms in total. The standard InChI is InChI=1S/C22H22N4O3/c1-14(19-13-29-22(25-19)26-21-23-11-18(27)12-24-21)16-8-5-9-17(10-16)20(28)15-6-3-2-4-7-15/h2-10,13-14,18,27H,11-12H2,1H3,(H2,23,24,25,26). The van der Waals surface area contributed by atoms with Crippen LogP contribution in [0.25, 0.3) is 0 Å². The number of carbonyl (C=O) groups excluding carboxylic acids is 1. The Bertz CT molecular complexity index is 1030. The number of rotatable bonds is 5. The van der Waals surface area contributed by atoms with Crippen molar-refractivity contribution in [3.8, 4) is 0 Å². The second-order valence-corrected chi connectivity index (χ2v) is 6.97. The maximum absolute atomic E-state index is 12.7. The molecule has 2 atom stereocenters. The monoisotopic (exact) mass is 390 g/mol. The van der Waals surface area contributed by atoms with E-state index in [1.807, 2.05) is 61.5 Å². The third-order valence-electron chi connectivity index (χ3n) is 4.84. The van der Waals surface area contributed by atoms with Crippen LogP contribution in [0.5, 0.6) is 0 Å². The Morgan fingerprint density at radius 2 is 2.00 bits per heavy atom. The van der Waals surface area contributed by atoms with Crippen LogP contribution in [0.2, 0.25) is 0 Å². The van der Waals surface area contributed by atoms with E-state index in [0.717, 1.165) is 11.3 Å². The van der Waals surface area contributed by atoms with Gasteiger partial charge in [-0.05, 0) is 11.6 Å². The second kappa shape index (κ2) is 8.28. The van der Waals surface area contributed by atoms with Crippen molar-refractivity contribution in [1.29, 1.82) is 0 Å². The van der Waals surface area contributed by atoms with Crippen molar-refractivity contribution in [2.24, 2.45) is 4.99 Å². The number of oxazole rings is 1. The van der Waals surface area contributed by atoms with E-state index in [1.54, 1.807) is 6.26 Å². The maximum Gasteiger partial charge on any atom is 0.301 e. The Hall–Kier alpha value is -3.45. The number of ketones is 1. The molecule has 148 valence electrons. The summed E-state index contributed by atoms with van der Waals surface area (Å²) < 4.78 is 5.51. The van der Waals surface area contributed by atoms with Gasteiger partial charge in [0.1, 0.15) is 6.26 Å². The van der Waals surface area contributed by atoms with Gasteiger partial charge in [-0.1, -0.05) is 55.5 Å². The van der Waals surface area contributed by atoms with Gasteiger partial charge in [-0.25, -0.2) is 0 Å². The minimum Gasteiger partial charge on any atom is -0.432 e. The van der Waals surface area contributed by atoms with Crippen LogP contribution in [0.3, 0.4) is 0 Å². The number of hydrogen-bond donors (Lipinski definition) is 3. The number of aliphatic hydroxyl groups excluding tert-OH is 1. The Kier molecular flexibility index (Phi) is 5.39. The molecule has 0 spiro atoms. The summed E-state index contributed by atoms with van der Waals surface area (Å²) in [5, 5.41) is 15.4. The molecule has 1 aliphatic rings. The van der Waals surface area contributed by atoms with Gasteiger partial charge in [0.15, 0.2) is 11.7 Å². The van der Waals surface area contributed by atoms with Crippen LogP contribution in [0.15, 0.2) is 70.3 Å². The molecule has 0 radical (unpaired) electrons. The largest absolute Gasteiger partial charge is 0.432 e. The van der Waals surface area contributed by atoms with Crippen molar-refractivity contribution in [3.05, 3.63) is 83.2 Å². The van der Waals surface area contributed by atoms with Crippen molar-refractivity contribution >= 4 is 17.8 Å². The van der Waals surface area contributed by atoms with Gasteiger partial charge in [-0.2, -0.15) is 4.98 Å². The molecule has 1 aliphatic heterocycles. The molecule has 3 N–H and O–H groups in total. The Labute approximate surface area is 168 Å². The fourth-order valence-electron chi connectivity index (χ4n) is 3.14. The molecule has 29 heavy (non-hydrogen) atoms. The number of aromatic nitrogens is 1. The first-order valence-corrected chi connectivity index (χ1v) is 9.48. The van der Waals surface area contributed by atoms with E-state index in [0.29, 0.717) is 36.2 Å². The molecular formula is C22H22N4O3. The smallest absolute Gasteiger partial charge is 0.301 e. The highest BCUT2D eigenvalue weighted by molar-refractivity contribution is 6.09. The summed E-state index contributed by atoms with van der Waals surface area (Å²) in [6.07, 6.45) is 1.11. The predicted octanol–water partition coefficient (Wildman–Crippen LogP) is 2.79. The number of nitrogens with one attached hydrogen (secondary N) is 2. The van der Waals surface area contributed by atoms with Crippen molar-refractivity contribution in [2.45, 2.75) is 18.9 Å². The van der Waals surface area contributed by atoms with Crippen LogP contribution in [0.4, 0.5) is 6.01 Å². The van der Waals surface area contributed by atoms with Crippen molar-refractivity contribution in [3.63, 3.8) is 0 Å². The zero-order valence-electron chi connectivity index (χ0n) is 16.0. The molecule has 2 heterocycles. The first-order chi connectivity index (χ1) is 14.1. The van der Waals surface area contributed by atoms with E-state index < -0.39 is 6.10 Å².